The largest absolute Gasteiger partial charge is 0.497 e. The minimum atomic E-state index is -0.0783. The Morgan fingerprint density at radius 2 is 2.00 bits per heavy atom. The number of benzene rings is 2. The Hall–Kier alpha value is -2.20. The molecule has 2 aromatic rings. The van der Waals surface area contributed by atoms with Crippen LogP contribution in [0.3, 0.4) is 0 Å². The van der Waals surface area contributed by atoms with Gasteiger partial charge in [0.25, 0.3) is 0 Å². The summed E-state index contributed by atoms with van der Waals surface area (Å²) in [7, 11) is 1.66. The van der Waals surface area contributed by atoms with Crippen LogP contribution >= 0.6 is 0 Å². The molecule has 2 N–H and O–H groups in total. The highest BCUT2D eigenvalue weighted by molar-refractivity contribution is 5.45. The van der Waals surface area contributed by atoms with Gasteiger partial charge in [0.05, 0.1) is 7.11 Å². The molecule has 104 valence electrons. The SMILES string of the molecule is COc1cccc(C(N)Cc2ccc3c(c2)OCO3)c1. The van der Waals surface area contributed by atoms with Crippen LogP contribution in [-0.2, 0) is 6.42 Å². The zero-order valence-electron chi connectivity index (χ0n) is 11.3. The fourth-order valence-electron chi connectivity index (χ4n) is 2.31. The fraction of sp³-hybridized carbons (Fsp3) is 0.250. The quantitative estimate of drug-likeness (QED) is 0.929. The van der Waals surface area contributed by atoms with E-state index in [9.17, 15) is 0 Å². The van der Waals surface area contributed by atoms with Crippen molar-refractivity contribution in [3.63, 3.8) is 0 Å². The molecule has 0 saturated heterocycles. The normalized spacial score (nSPS) is 14.1. The predicted octanol–water partition coefficient (Wildman–Crippen LogP) is 2.67. The molecule has 1 atom stereocenters. The van der Waals surface area contributed by atoms with Crippen LogP contribution in [-0.4, -0.2) is 13.9 Å². The Labute approximate surface area is 118 Å². The molecular weight excluding hydrogens is 254 g/mol. The van der Waals surface area contributed by atoms with Crippen molar-refractivity contribution >= 4 is 0 Å². The van der Waals surface area contributed by atoms with E-state index in [1.54, 1.807) is 7.11 Å². The van der Waals surface area contributed by atoms with Gasteiger partial charge in [0.15, 0.2) is 11.5 Å². The minimum absolute atomic E-state index is 0.0783. The lowest BCUT2D eigenvalue weighted by molar-refractivity contribution is 0.174. The number of ether oxygens (including phenoxy) is 3. The van der Waals surface area contributed by atoms with Gasteiger partial charge in [-0.05, 0) is 41.8 Å². The molecule has 0 aromatic heterocycles. The summed E-state index contributed by atoms with van der Waals surface area (Å²) < 4.78 is 15.9. The average molecular weight is 271 g/mol. The Kier molecular flexibility index (Phi) is 3.48. The lowest BCUT2D eigenvalue weighted by Gasteiger charge is -2.13. The maximum absolute atomic E-state index is 6.27. The van der Waals surface area contributed by atoms with Gasteiger partial charge < -0.3 is 19.9 Å². The lowest BCUT2D eigenvalue weighted by Crippen LogP contribution is -2.13. The lowest BCUT2D eigenvalue weighted by atomic mass is 9.99. The number of nitrogens with two attached hydrogens (primary N) is 1. The van der Waals surface area contributed by atoms with E-state index in [0.717, 1.165) is 34.8 Å². The number of rotatable bonds is 4. The molecule has 0 bridgehead atoms. The van der Waals surface area contributed by atoms with Gasteiger partial charge in [-0.25, -0.2) is 0 Å². The van der Waals surface area contributed by atoms with Crippen molar-refractivity contribution in [2.75, 3.05) is 13.9 Å². The molecule has 0 saturated carbocycles. The van der Waals surface area contributed by atoms with Crippen LogP contribution in [0.25, 0.3) is 0 Å². The number of methoxy groups -OCH3 is 1. The highest BCUT2D eigenvalue weighted by Crippen LogP contribution is 2.33. The van der Waals surface area contributed by atoms with Crippen molar-refractivity contribution in [3.05, 3.63) is 53.6 Å². The molecular formula is C16H17NO3. The Balaban J connectivity index is 1.76. The Morgan fingerprint density at radius 1 is 1.15 bits per heavy atom. The molecule has 1 aliphatic heterocycles. The van der Waals surface area contributed by atoms with Gasteiger partial charge in [-0.15, -0.1) is 0 Å². The van der Waals surface area contributed by atoms with E-state index in [2.05, 4.69) is 0 Å². The van der Waals surface area contributed by atoms with Crippen LogP contribution in [0.15, 0.2) is 42.5 Å². The first-order chi connectivity index (χ1) is 9.76. The molecule has 0 radical (unpaired) electrons. The first-order valence-electron chi connectivity index (χ1n) is 6.54. The van der Waals surface area contributed by atoms with Crippen LogP contribution in [0.1, 0.15) is 17.2 Å². The summed E-state index contributed by atoms with van der Waals surface area (Å²) in [5.74, 6) is 2.41. The zero-order valence-corrected chi connectivity index (χ0v) is 11.3. The maximum Gasteiger partial charge on any atom is 0.231 e. The van der Waals surface area contributed by atoms with Crippen LogP contribution in [0.2, 0.25) is 0 Å². The third-order valence-electron chi connectivity index (χ3n) is 3.41. The Bertz CT molecular complexity index is 612. The highest BCUT2D eigenvalue weighted by atomic mass is 16.7. The summed E-state index contributed by atoms with van der Waals surface area (Å²) in [6.07, 6.45) is 0.740. The molecule has 20 heavy (non-hydrogen) atoms. The van der Waals surface area contributed by atoms with Gasteiger partial charge in [-0.3, -0.25) is 0 Å². The van der Waals surface area contributed by atoms with Crippen LogP contribution in [0.4, 0.5) is 0 Å². The molecule has 1 unspecified atom stereocenters. The predicted molar refractivity (Wildman–Crippen MR) is 76.2 cm³/mol. The molecule has 0 amide bonds. The zero-order chi connectivity index (χ0) is 13.9. The maximum atomic E-state index is 6.27. The molecule has 0 spiro atoms. The van der Waals surface area contributed by atoms with E-state index in [1.165, 1.54) is 0 Å². The van der Waals surface area contributed by atoms with Crippen molar-refractivity contribution < 1.29 is 14.2 Å². The van der Waals surface area contributed by atoms with Crippen molar-refractivity contribution in [2.24, 2.45) is 5.73 Å². The van der Waals surface area contributed by atoms with Gasteiger partial charge >= 0.3 is 0 Å². The number of hydrogen-bond donors (Lipinski definition) is 1. The second kappa shape index (κ2) is 5.43. The molecule has 2 aromatic carbocycles. The molecule has 1 aliphatic rings. The standard InChI is InChI=1S/C16H17NO3/c1-18-13-4-2-3-12(9-13)14(17)7-11-5-6-15-16(8-11)20-10-19-15/h2-6,8-9,14H,7,10,17H2,1H3. The van der Waals surface area contributed by atoms with Gasteiger partial charge in [-0.1, -0.05) is 18.2 Å². The second-order valence-corrected chi connectivity index (χ2v) is 4.77. The smallest absolute Gasteiger partial charge is 0.231 e. The molecule has 4 nitrogen and oxygen atoms in total. The van der Waals surface area contributed by atoms with Crippen molar-refractivity contribution in [3.8, 4) is 17.2 Å². The summed E-state index contributed by atoms with van der Waals surface area (Å²) in [6, 6.07) is 13.7. The molecule has 0 aliphatic carbocycles. The van der Waals surface area contributed by atoms with Gasteiger partial charge in [0.1, 0.15) is 5.75 Å². The number of hydrogen-bond acceptors (Lipinski definition) is 4. The van der Waals surface area contributed by atoms with Crippen molar-refractivity contribution in [1.82, 2.24) is 0 Å². The van der Waals surface area contributed by atoms with Gasteiger partial charge in [-0.2, -0.15) is 0 Å². The van der Waals surface area contributed by atoms with E-state index in [-0.39, 0.29) is 6.04 Å². The van der Waals surface area contributed by atoms with E-state index in [4.69, 9.17) is 19.9 Å². The number of fused-ring (bicyclic) bond motifs is 1. The third kappa shape index (κ3) is 2.56. The van der Waals surface area contributed by atoms with Crippen LogP contribution in [0.5, 0.6) is 17.2 Å². The van der Waals surface area contributed by atoms with E-state index >= 15 is 0 Å². The van der Waals surface area contributed by atoms with Crippen molar-refractivity contribution in [2.45, 2.75) is 12.5 Å². The van der Waals surface area contributed by atoms with Gasteiger partial charge in [0.2, 0.25) is 6.79 Å². The van der Waals surface area contributed by atoms with Crippen molar-refractivity contribution in [1.29, 1.82) is 0 Å². The fourth-order valence-corrected chi connectivity index (χ4v) is 2.31. The summed E-state index contributed by atoms with van der Waals surface area (Å²) >= 11 is 0. The third-order valence-corrected chi connectivity index (χ3v) is 3.41. The van der Waals surface area contributed by atoms with Gasteiger partial charge in [0, 0.05) is 6.04 Å². The molecule has 0 fully saturated rings. The van der Waals surface area contributed by atoms with Crippen LogP contribution in [0, 0.1) is 0 Å². The highest BCUT2D eigenvalue weighted by Gasteiger charge is 2.15. The first kappa shape index (κ1) is 12.8. The Morgan fingerprint density at radius 3 is 2.85 bits per heavy atom. The van der Waals surface area contributed by atoms with Crippen LogP contribution < -0.4 is 19.9 Å². The van der Waals surface area contributed by atoms with E-state index in [1.807, 2.05) is 42.5 Å². The first-order valence-corrected chi connectivity index (χ1v) is 6.54. The second-order valence-electron chi connectivity index (χ2n) is 4.77. The monoisotopic (exact) mass is 271 g/mol. The topological polar surface area (TPSA) is 53.7 Å². The molecule has 3 rings (SSSR count). The summed E-state index contributed by atoms with van der Waals surface area (Å²) in [4.78, 5) is 0. The molecule has 4 heteroatoms. The summed E-state index contributed by atoms with van der Waals surface area (Å²) in [6.45, 7) is 0.292. The summed E-state index contributed by atoms with van der Waals surface area (Å²) in [5, 5.41) is 0. The molecule has 1 heterocycles. The summed E-state index contributed by atoms with van der Waals surface area (Å²) in [5.41, 5.74) is 8.45. The minimum Gasteiger partial charge on any atom is -0.497 e. The average Bonchev–Trinajstić information content (AvgIpc) is 2.95. The van der Waals surface area contributed by atoms with E-state index in [0.29, 0.717) is 6.79 Å². The van der Waals surface area contributed by atoms with E-state index < -0.39 is 0 Å².